The molecule has 1 heterocycles. The number of hydrogen-bond acceptors (Lipinski definition) is 3. The largest absolute Gasteiger partial charge is 0.397 e. The molecular weight excluding hydrogens is 266 g/mol. The van der Waals surface area contributed by atoms with Crippen LogP contribution >= 0.6 is 15.9 Å². The van der Waals surface area contributed by atoms with Crippen LogP contribution in [0.2, 0.25) is 0 Å². The molecule has 16 heavy (non-hydrogen) atoms. The monoisotopic (exact) mass is 283 g/mol. The van der Waals surface area contributed by atoms with E-state index >= 15 is 0 Å². The highest BCUT2D eigenvalue weighted by Crippen LogP contribution is 2.29. The SMILES string of the molecule is Cc1c(N)cnc(NCC2CCCC2)c1Br. The van der Waals surface area contributed by atoms with Gasteiger partial charge in [0.05, 0.1) is 16.4 Å². The molecule has 1 fully saturated rings. The van der Waals surface area contributed by atoms with Gasteiger partial charge in [-0.25, -0.2) is 4.98 Å². The van der Waals surface area contributed by atoms with Crippen molar-refractivity contribution in [1.29, 1.82) is 0 Å². The third-order valence-corrected chi connectivity index (χ3v) is 4.31. The zero-order valence-electron chi connectivity index (χ0n) is 9.59. The van der Waals surface area contributed by atoms with Crippen LogP contribution in [-0.2, 0) is 0 Å². The molecule has 0 amide bonds. The molecule has 1 aliphatic rings. The minimum absolute atomic E-state index is 0.735. The smallest absolute Gasteiger partial charge is 0.140 e. The van der Waals surface area contributed by atoms with Gasteiger partial charge in [-0.15, -0.1) is 0 Å². The van der Waals surface area contributed by atoms with Gasteiger partial charge in [-0.05, 0) is 47.2 Å². The number of hydrogen-bond donors (Lipinski definition) is 2. The molecule has 2 rings (SSSR count). The highest BCUT2D eigenvalue weighted by atomic mass is 79.9. The molecule has 0 atom stereocenters. The maximum absolute atomic E-state index is 5.79. The van der Waals surface area contributed by atoms with Crippen molar-refractivity contribution in [2.24, 2.45) is 5.92 Å². The topological polar surface area (TPSA) is 50.9 Å². The lowest BCUT2D eigenvalue weighted by Crippen LogP contribution is -2.12. The summed E-state index contributed by atoms with van der Waals surface area (Å²) >= 11 is 3.54. The van der Waals surface area contributed by atoms with Crippen LogP contribution in [0, 0.1) is 12.8 Å². The molecule has 1 saturated carbocycles. The molecule has 1 aromatic rings. The molecule has 0 radical (unpaired) electrons. The van der Waals surface area contributed by atoms with Crippen LogP contribution in [0.15, 0.2) is 10.7 Å². The van der Waals surface area contributed by atoms with Crippen molar-refractivity contribution in [2.75, 3.05) is 17.6 Å². The Balaban J connectivity index is 2.01. The number of nitrogens with two attached hydrogens (primary N) is 1. The highest BCUT2D eigenvalue weighted by molar-refractivity contribution is 9.10. The standard InChI is InChI=1S/C12H18BrN3/c1-8-10(14)7-16-12(11(8)13)15-6-9-4-2-3-5-9/h7,9H,2-6,14H2,1H3,(H,15,16). The van der Waals surface area contributed by atoms with Crippen molar-refractivity contribution in [1.82, 2.24) is 4.98 Å². The van der Waals surface area contributed by atoms with E-state index in [0.717, 1.165) is 34.0 Å². The van der Waals surface area contributed by atoms with Gasteiger partial charge in [0.1, 0.15) is 5.82 Å². The number of anilines is 2. The Morgan fingerprint density at radius 3 is 2.88 bits per heavy atom. The van der Waals surface area contributed by atoms with E-state index in [2.05, 4.69) is 26.2 Å². The Morgan fingerprint density at radius 1 is 1.50 bits per heavy atom. The Hall–Kier alpha value is -0.770. The zero-order chi connectivity index (χ0) is 11.5. The van der Waals surface area contributed by atoms with E-state index < -0.39 is 0 Å². The second-order valence-corrected chi connectivity index (χ2v) is 5.33. The van der Waals surface area contributed by atoms with Gasteiger partial charge in [-0.1, -0.05) is 12.8 Å². The van der Waals surface area contributed by atoms with Crippen molar-refractivity contribution in [3.05, 3.63) is 16.2 Å². The molecule has 0 unspecified atom stereocenters. The summed E-state index contributed by atoms with van der Waals surface area (Å²) in [7, 11) is 0. The van der Waals surface area contributed by atoms with Gasteiger partial charge in [0.15, 0.2) is 0 Å². The number of pyridine rings is 1. The van der Waals surface area contributed by atoms with Crippen LogP contribution < -0.4 is 11.1 Å². The van der Waals surface area contributed by atoms with E-state index in [0.29, 0.717) is 0 Å². The summed E-state index contributed by atoms with van der Waals surface area (Å²) in [5.41, 5.74) is 7.58. The summed E-state index contributed by atoms with van der Waals surface area (Å²) in [4.78, 5) is 4.32. The fourth-order valence-electron chi connectivity index (χ4n) is 2.17. The van der Waals surface area contributed by atoms with Crippen molar-refractivity contribution in [3.8, 4) is 0 Å². The Kier molecular flexibility index (Phi) is 3.69. The molecule has 1 aliphatic carbocycles. The van der Waals surface area contributed by atoms with Gasteiger partial charge >= 0.3 is 0 Å². The van der Waals surface area contributed by atoms with Crippen molar-refractivity contribution < 1.29 is 0 Å². The van der Waals surface area contributed by atoms with Gasteiger partial charge < -0.3 is 11.1 Å². The molecule has 0 bridgehead atoms. The summed E-state index contributed by atoms with van der Waals surface area (Å²) in [5, 5.41) is 3.41. The summed E-state index contributed by atoms with van der Waals surface area (Å²) in [5.74, 6) is 1.73. The van der Waals surface area contributed by atoms with Gasteiger partial charge in [0, 0.05) is 6.54 Å². The maximum atomic E-state index is 5.79. The van der Waals surface area contributed by atoms with Crippen LogP contribution in [0.1, 0.15) is 31.2 Å². The predicted octanol–water partition coefficient (Wildman–Crippen LogP) is 3.34. The molecule has 3 nitrogen and oxygen atoms in total. The second-order valence-electron chi connectivity index (χ2n) is 4.53. The van der Waals surface area contributed by atoms with E-state index in [-0.39, 0.29) is 0 Å². The number of nitrogen functional groups attached to an aromatic ring is 1. The van der Waals surface area contributed by atoms with E-state index in [1.165, 1.54) is 25.7 Å². The summed E-state index contributed by atoms with van der Waals surface area (Å²) < 4.78 is 0.991. The first kappa shape index (κ1) is 11.7. The number of nitrogens with zero attached hydrogens (tertiary/aromatic N) is 1. The summed E-state index contributed by atoms with van der Waals surface area (Å²) in [6.45, 7) is 3.02. The normalized spacial score (nSPS) is 16.6. The van der Waals surface area contributed by atoms with Crippen molar-refractivity contribution in [3.63, 3.8) is 0 Å². The number of nitrogens with one attached hydrogen (secondary N) is 1. The number of aromatic nitrogens is 1. The lowest BCUT2D eigenvalue weighted by molar-refractivity contribution is 0.578. The summed E-state index contributed by atoms with van der Waals surface area (Å²) in [6, 6.07) is 0. The second kappa shape index (κ2) is 5.04. The number of halogens is 1. The fourth-order valence-corrected chi connectivity index (χ4v) is 2.64. The minimum Gasteiger partial charge on any atom is -0.397 e. The van der Waals surface area contributed by atoms with Crippen LogP contribution in [0.3, 0.4) is 0 Å². The lowest BCUT2D eigenvalue weighted by Gasteiger charge is -2.14. The first-order valence-corrected chi connectivity index (χ1v) is 6.62. The Bertz CT molecular complexity index is 373. The van der Waals surface area contributed by atoms with Crippen LogP contribution in [0.25, 0.3) is 0 Å². The Morgan fingerprint density at radius 2 is 2.19 bits per heavy atom. The van der Waals surface area contributed by atoms with Crippen LogP contribution in [0.5, 0.6) is 0 Å². The average Bonchev–Trinajstić information content (AvgIpc) is 2.78. The van der Waals surface area contributed by atoms with E-state index in [1.807, 2.05) is 6.92 Å². The van der Waals surface area contributed by atoms with E-state index in [4.69, 9.17) is 5.73 Å². The molecular formula is C12H18BrN3. The third kappa shape index (κ3) is 2.48. The molecule has 0 saturated heterocycles. The Labute approximate surface area is 105 Å². The lowest BCUT2D eigenvalue weighted by atomic mass is 10.1. The van der Waals surface area contributed by atoms with Crippen molar-refractivity contribution >= 4 is 27.4 Å². The summed E-state index contributed by atoms with van der Waals surface area (Å²) in [6.07, 6.45) is 7.16. The first-order valence-electron chi connectivity index (χ1n) is 5.83. The van der Waals surface area contributed by atoms with Gasteiger partial charge in [-0.3, -0.25) is 0 Å². The van der Waals surface area contributed by atoms with Crippen LogP contribution in [-0.4, -0.2) is 11.5 Å². The molecule has 88 valence electrons. The van der Waals surface area contributed by atoms with Crippen LogP contribution in [0.4, 0.5) is 11.5 Å². The molecule has 0 spiro atoms. The molecule has 0 aliphatic heterocycles. The van der Waals surface area contributed by atoms with Gasteiger partial charge in [0.2, 0.25) is 0 Å². The zero-order valence-corrected chi connectivity index (χ0v) is 11.2. The minimum atomic E-state index is 0.735. The number of rotatable bonds is 3. The highest BCUT2D eigenvalue weighted by Gasteiger charge is 2.15. The maximum Gasteiger partial charge on any atom is 0.140 e. The van der Waals surface area contributed by atoms with Gasteiger partial charge in [0.25, 0.3) is 0 Å². The third-order valence-electron chi connectivity index (χ3n) is 3.34. The van der Waals surface area contributed by atoms with E-state index in [9.17, 15) is 0 Å². The van der Waals surface area contributed by atoms with E-state index in [1.54, 1.807) is 6.20 Å². The molecule has 3 N–H and O–H groups in total. The van der Waals surface area contributed by atoms with Gasteiger partial charge in [-0.2, -0.15) is 0 Å². The predicted molar refractivity (Wildman–Crippen MR) is 71.5 cm³/mol. The molecule has 0 aromatic carbocycles. The average molecular weight is 284 g/mol. The van der Waals surface area contributed by atoms with Crippen molar-refractivity contribution in [2.45, 2.75) is 32.6 Å². The fraction of sp³-hybridized carbons (Fsp3) is 0.583. The molecule has 4 heteroatoms. The molecule has 1 aromatic heterocycles. The quantitative estimate of drug-likeness (QED) is 0.895. The first-order chi connectivity index (χ1) is 7.68.